The van der Waals surface area contributed by atoms with Gasteiger partial charge in [0.15, 0.2) is 0 Å². The molecular formula is C14H15ClN2O. The number of halogens is 1. The zero-order valence-corrected chi connectivity index (χ0v) is 11.1. The highest BCUT2D eigenvalue weighted by molar-refractivity contribution is 6.31. The van der Waals surface area contributed by atoms with Crippen LogP contribution in [0, 0.1) is 24.2 Å². The second-order valence-electron chi connectivity index (χ2n) is 4.63. The van der Waals surface area contributed by atoms with E-state index in [0.717, 1.165) is 24.9 Å². The van der Waals surface area contributed by atoms with Gasteiger partial charge in [0.2, 0.25) is 0 Å². The summed E-state index contributed by atoms with van der Waals surface area (Å²) in [7, 11) is 0. The Kier molecular flexibility index (Phi) is 3.88. The summed E-state index contributed by atoms with van der Waals surface area (Å²) < 4.78 is 0. The van der Waals surface area contributed by atoms with E-state index in [1.54, 1.807) is 23.1 Å². The first-order chi connectivity index (χ1) is 8.63. The third kappa shape index (κ3) is 2.49. The van der Waals surface area contributed by atoms with Crippen molar-refractivity contribution in [3.05, 3.63) is 34.3 Å². The molecule has 1 saturated heterocycles. The fraction of sp³-hybridized carbons (Fsp3) is 0.429. The SMILES string of the molecule is Cc1c(Cl)cccc1C(=O)N1CCCC(C#N)C1. The van der Waals surface area contributed by atoms with Crippen molar-refractivity contribution in [2.75, 3.05) is 13.1 Å². The normalized spacial score (nSPS) is 19.4. The van der Waals surface area contributed by atoms with Gasteiger partial charge in [-0.25, -0.2) is 0 Å². The Morgan fingerprint density at radius 2 is 2.33 bits per heavy atom. The number of hydrogen-bond donors (Lipinski definition) is 0. The second kappa shape index (κ2) is 5.41. The molecule has 1 fully saturated rings. The molecule has 0 radical (unpaired) electrons. The van der Waals surface area contributed by atoms with Gasteiger partial charge in [-0.05, 0) is 37.5 Å². The minimum atomic E-state index is -0.0396. The van der Waals surface area contributed by atoms with E-state index in [9.17, 15) is 4.79 Å². The molecule has 18 heavy (non-hydrogen) atoms. The van der Waals surface area contributed by atoms with E-state index < -0.39 is 0 Å². The number of benzene rings is 1. The summed E-state index contributed by atoms with van der Waals surface area (Å²) in [6, 6.07) is 7.60. The fourth-order valence-corrected chi connectivity index (χ4v) is 2.45. The van der Waals surface area contributed by atoms with Crippen LogP contribution >= 0.6 is 11.6 Å². The van der Waals surface area contributed by atoms with Crippen molar-refractivity contribution in [2.24, 2.45) is 5.92 Å². The van der Waals surface area contributed by atoms with Crippen LogP contribution in [0.1, 0.15) is 28.8 Å². The van der Waals surface area contributed by atoms with Crippen molar-refractivity contribution in [1.29, 1.82) is 5.26 Å². The molecular weight excluding hydrogens is 248 g/mol. The zero-order chi connectivity index (χ0) is 13.1. The summed E-state index contributed by atoms with van der Waals surface area (Å²) in [5.74, 6) is -0.0582. The van der Waals surface area contributed by atoms with Gasteiger partial charge in [-0.15, -0.1) is 0 Å². The van der Waals surface area contributed by atoms with Crippen LogP contribution in [-0.4, -0.2) is 23.9 Å². The van der Waals surface area contributed by atoms with Crippen LogP contribution in [0.25, 0.3) is 0 Å². The van der Waals surface area contributed by atoms with Crippen LogP contribution in [-0.2, 0) is 0 Å². The third-order valence-corrected chi connectivity index (χ3v) is 3.80. The average Bonchev–Trinajstić information content (AvgIpc) is 2.41. The summed E-state index contributed by atoms with van der Waals surface area (Å²) in [5, 5.41) is 9.56. The van der Waals surface area contributed by atoms with Crippen molar-refractivity contribution >= 4 is 17.5 Å². The molecule has 0 aliphatic carbocycles. The molecule has 1 aliphatic heterocycles. The summed E-state index contributed by atoms with van der Waals surface area (Å²) in [5.41, 5.74) is 1.45. The largest absolute Gasteiger partial charge is 0.337 e. The fourth-order valence-electron chi connectivity index (χ4n) is 2.28. The molecule has 1 amide bonds. The summed E-state index contributed by atoms with van der Waals surface area (Å²) in [4.78, 5) is 14.2. The van der Waals surface area contributed by atoms with Crippen LogP contribution in [0.5, 0.6) is 0 Å². The van der Waals surface area contributed by atoms with Crippen molar-refractivity contribution in [2.45, 2.75) is 19.8 Å². The van der Waals surface area contributed by atoms with Gasteiger partial charge < -0.3 is 4.90 Å². The lowest BCUT2D eigenvalue weighted by molar-refractivity contribution is 0.0698. The van der Waals surface area contributed by atoms with Crippen molar-refractivity contribution in [3.63, 3.8) is 0 Å². The van der Waals surface area contributed by atoms with Crippen LogP contribution < -0.4 is 0 Å². The number of piperidine rings is 1. The number of carbonyl (C=O) groups is 1. The Morgan fingerprint density at radius 3 is 3.06 bits per heavy atom. The molecule has 1 aromatic rings. The first kappa shape index (κ1) is 12.9. The molecule has 94 valence electrons. The maximum atomic E-state index is 12.4. The van der Waals surface area contributed by atoms with Gasteiger partial charge >= 0.3 is 0 Å². The molecule has 0 N–H and O–H groups in total. The Morgan fingerprint density at radius 1 is 1.56 bits per heavy atom. The predicted molar refractivity (Wildman–Crippen MR) is 70.4 cm³/mol. The van der Waals surface area contributed by atoms with Gasteiger partial charge in [0, 0.05) is 23.7 Å². The molecule has 2 rings (SSSR count). The molecule has 1 aliphatic rings. The van der Waals surface area contributed by atoms with Crippen molar-refractivity contribution < 1.29 is 4.79 Å². The quantitative estimate of drug-likeness (QED) is 0.781. The highest BCUT2D eigenvalue weighted by Crippen LogP contribution is 2.23. The topological polar surface area (TPSA) is 44.1 Å². The van der Waals surface area contributed by atoms with E-state index in [2.05, 4.69) is 6.07 Å². The predicted octanol–water partition coefficient (Wildman–Crippen LogP) is 3.02. The lowest BCUT2D eigenvalue weighted by Crippen LogP contribution is -2.39. The average molecular weight is 263 g/mol. The monoisotopic (exact) mass is 262 g/mol. The zero-order valence-electron chi connectivity index (χ0n) is 10.3. The van der Waals surface area contributed by atoms with E-state index in [0.29, 0.717) is 17.1 Å². The van der Waals surface area contributed by atoms with Crippen LogP contribution in [0.2, 0.25) is 5.02 Å². The molecule has 0 spiro atoms. The Labute approximate surface area is 112 Å². The molecule has 4 heteroatoms. The minimum absolute atomic E-state index is 0.0186. The minimum Gasteiger partial charge on any atom is -0.337 e. The highest BCUT2D eigenvalue weighted by atomic mass is 35.5. The maximum absolute atomic E-state index is 12.4. The molecule has 0 aromatic heterocycles. The van der Waals surface area contributed by atoms with Crippen LogP contribution in [0.15, 0.2) is 18.2 Å². The Balaban J connectivity index is 2.21. The lowest BCUT2D eigenvalue weighted by Gasteiger charge is -2.30. The number of carbonyl (C=O) groups excluding carboxylic acids is 1. The van der Waals surface area contributed by atoms with Gasteiger partial charge in [-0.2, -0.15) is 5.26 Å². The standard InChI is InChI=1S/C14H15ClN2O/c1-10-12(5-2-6-13(10)15)14(18)17-7-3-4-11(8-16)9-17/h2,5-6,11H,3-4,7,9H2,1H3. The van der Waals surface area contributed by atoms with Crippen LogP contribution in [0.4, 0.5) is 0 Å². The number of hydrogen-bond acceptors (Lipinski definition) is 2. The van der Waals surface area contributed by atoms with Crippen molar-refractivity contribution in [3.8, 4) is 6.07 Å². The molecule has 1 aromatic carbocycles. The molecule has 0 bridgehead atoms. The highest BCUT2D eigenvalue weighted by Gasteiger charge is 2.25. The van der Waals surface area contributed by atoms with E-state index in [1.165, 1.54) is 0 Å². The van der Waals surface area contributed by atoms with Gasteiger partial charge in [-0.1, -0.05) is 17.7 Å². The molecule has 1 heterocycles. The van der Waals surface area contributed by atoms with Crippen LogP contribution in [0.3, 0.4) is 0 Å². The van der Waals surface area contributed by atoms with E-state index >= 15 is 0 Å². The number of nitrogens with zero attached hydrogens (tertiary/aromatic N) is 2. The Hall–Kier alpha value is -1.53. The van der Waals surface area contributed by atoms with E-state index in [1.807, 2.05) is 6.92 Å². The molecule has 1 unspecified atom stereocenters. The number of likely N-dealkylation sites (tertiary alicyclic amines) is 1. The Bertz CT molecular complexity index is 507. The van der Waals surface area contributed by atoms with Gasteiger partial charge in [0.1, 0.15) is 0 Å². The van der Waals surface area contributed by atoms with E-state index in [-0.39, 0.29) is 11.8 Å². The first-order valence-electron chi connectivity index (χ1n) is 6.07. The first-order valence-corrected chi connectivity index (χ1v) is 6.45. The maximum Gasteiger partial charge on any atom is 0.254 e. The van der Waals surface area contributed by atoms with Gasteiger partial charge in [-0.3, -0.25) is 4.79 Å². The van der Waals surface area contributed by atoms with Gasteiger partial charge in [0.05, 0.1) is 12.0 Å². The summed E-state index contributed by atoms with van der Waals surface area (Å²) in [6.45, 7) is 3.10. The number of rotatable bonds is 1. The third-order valence-electron chi connectivity index (χ3n) is 3.39. The number of nitriles is 1. The summed E-state index contributed by atoms with van der Waals surface area (Å²) in [6.07, 6.45) is 1.78. The second-order valence-corrected chi connectivity index (χ2v) is 5.04. The summed E-state index contributed by atoms with van der Waals surface area (Å²) >= 11 is 6.03. The molecule has 3 nitrogen and oxygen atoms in total. The lowest BCUT2D eigenvalue weighted by atomic mass is 9.98. The van der Waals surface area contributed by atoms with E-state index in [4.69, 9.17) is 16.9 Å². The molecule has 0 saturated carbocycles. The smallest absolute Gasteiger partial charge is 0.254 e. The molecule has 1 atom stereocenters. The number of amides is 1. The van der Waals surface area contributed by atoms with Gasteiger partial charge in [0.25, 0.3) is 5.91 Å². The van der Waals surface area contributed by atoms with Crippen molar-refractivity contribution in [1.82, 2.24) is 4.90 Å².